The number of ether oxygens (including phenoxy) is 1. The molecule has 0 radical (unpaired) electrons. The molecule has 1 aromatic carbocycles. The highest BCUT2D eigenvalue weighted by atomic mass is 19.1. The van der Waals surface area contributed by atoms with Crippen LogP contribution in [0.5, 0.6) is 0 Å². The molecule has 0 spiro atoms. The summed E-state index contributed by atoms with van der Waals surface area (Å²) in [5.41, 5.74) is 0.0844. The Morgan fingerprint density at radius 1 is 0.865 bits per heavy atom. The average molecular weight is 731 g/mol. The van der Waals surface area contributed by atoms with Crippen molar-refractivity contribution in [1.82, 2.24) is 30.7 Å². The van der Waals surface area contributed by atoms with E-state index in [2.05, 4.69) is 16.0 Å². The first-order valence-electron chi connectivity index (χ1n) is 18.1. The molecule has 16 heteroatoms. The maximum absolute atomic E-state index is 14.2. The summed E-state index contributed by atoms with van der Waals surface area (Å²) in [6.07, 6.45) is 4.99. The van der Waals surface area contributed by atoms with Gasteiger partial charge in [-0.3, -0.25) is 28.8 Å². The molecular weight excluding hydrogens is 682 g/mol. The monoisotopic (exact) mass is 730 g/mol. The molecule has 1 aliphatic carbocycles. The third-order valence-corrected chi connectivity index (χ3v) is 10.6. The van der Waals surface area contributed by atoms with E-state index >= 15 is 0 Å². The Morgan fingerprint density at radius 2 is 1.48 bits per heavy atom. The van der Waals surface area contributed by atoms with Crippen LogP contribution in [-0.2, 0) is 44.7 Å². The van der Waals surface area contributed by atoms with Gasteiger partial charge in [-0.05, 0) is 76.0 Å². The number of esters is 1. The zero-order valence-electron chi connectivity index (χ0n) is 29.8. The predicted molar refractivity (Wildman–Crippen MR) is 181 cm³/mol. The zero-order valence-corrected chi connectivity index (χ0v) is 29.8. The first-order valence-corrected chi connectivity index (χ1v) is 18.1. The van der Waals surface area contributed by atoms with Crippen molar-refractivity contribution in [1.29, 1.82) is 0 Å². The summed E-state index contributed by atoms with van der Waals surface area (Å²) in [5.74, 6) is -6.13. The van der Waals surface area contributed by atoms with Crippen molar-refractivity contribution >= 4 is 41.4 Å². The summed E-state index contributed by atoms with van der Waals surface area (Å²) in [6.45, 7) is 2.69. The fraction of sp³-hybridized carbons (Fsp3) is 0.639. The molecule has 6 amide bonds. The van der Waals surface area contributed by atoms with Crippen molar-refractivity contribution in [3.8, 4) is 0 Å². The number of amides is 6. The van der Waals surface area contributed by atoms with Gasteiger partial charge < -0.3 is 35.4 Å². The van der Waals surface area contributed by atoms with Crippen molar-refractivity contribution < 1.29 is 47.1 Å². The predicted octanol–water partition coefficient (Wildman–Crippen LogP) is 0.948. The maximum atomic E-state index is 14.2. The Kier molecular flexibility index (Phi) is 12.5. The molecule has 52 heavy (non-hydrogen) atoms. The molecule has 4 aliphatic rings. The van der Waals surface area contributed by atoms with Gasteiger partial charge in [0.25, 0.3) is 0 Å². The van der Waals surface area contributed by atoms with Crippen LogP contribution in [0, 0.1) is 17.6 Å². The second-order valence-corrected chi connectivity index (χ2v) is 14.4. The Labute approximate surface area is 301 Å². The molecule has 0 unspecified atom stereocenters. The minimum atomic E-state index is -1.54. The van der Waals surface area contributed by atoms with E-state index in [0.717, 1.165) is 37.8 Å². The van der Waals surface area contributed by atoms with E-state index in [4.69, 9.17) is 4.74 Å². The molecule has 6 atom stereocenters. The number of carbonyl (C=O) groups excluding carboxylic acids is 7. The van der Waals surface area contributed by atoms with Crippen molar-refractivity contribution in [2.24, 2.45) is 5.92 Å². The number of halogens is 2. The van der Waals surface area contributed by atoms with E-state index in [1.54, 1.807) is 0 Å². The van der Waals surface area contributed by atoms with E-state index in [0.29, 0.717) is 18.9 Å². The van der Waals surface area contributed by atoms with Crippen LogP contribution in [-0.4, -0.2) is 119 Å². The topological polar surface area (TPSA) is 175 Å². The molecule has 0 aromatic heterocycles. The van der Waals surface area contributed by atoms with Crippen molar-refractivity contribution in [3.05, 3.63) is 35.4 Å². The number of hydrogen-bond acceptors (Lipinski definition) is 8. The highest BCUT2D eigenvalue weighted by Gasteiger charge is 2.43. The molecule has 1 aromatic rings. The van der Waals surface area contributed by atoms with Crippen molar-refractivity contribution in [2.75, 3.05) is 26.7 Å². The molecule has 3 N–H and O–H groups in total. The van der Waals surface area contributed by atoms with Gasteiger partial charge in [0.1, 0.15) is 54.5 Å². The molecule has 14 nitrogen and oxygen atoms in total. The lowest BCUT2D eigenvalue weighted by Gasteiger charge is -2.34. The largest absolute Gasteiger partial charge is 0.461 e. The van der Waals surface area contributed by atoms with Gasteiger partial charge >= 0.3 is 5.97 Å². The van der Waals surface area contributed by atoms with Crippen LogP contribution < -0.4 is 16.0 Å². The highest BCUT2D eigenvalue weighted by molar-refractivity contribution is 5.97. The fourth-order valence-electron chi connectivity index (χ4n) is 7.62. The van der Waals surface area contributed by atoms with Gasteiger partial charge in [0.15, 0.2) is 0 Å². The van der Waals surface area contributed by atoms with Crippen LogP contribution in [0.3, 0.4) is 0 Å². The third-order valence-electron chi connectivity index (χ3n) is 10.6. The molecule has 1 saturated carbocycles. The van der Waals surface area contributed by atoms with Crippen LogP contribution in [0.2, 0.25) is 0 Å². The van der Waals surface area contributed by atoms with Gasteiger partial charge in [-0.25, -0.2) is 13.6 Å². The van der Waals surface area contributed by atoms with E-state index in [1.165, 1.54) is 35.6 Å². The number of benzene rings is 1. The van der Waals surface area contributed by atoms with Gasteiger partial charge in [0.05, 0.1) is 0 Å². The molecule has 3 saturated heterocycles. The third kappa shape index (κ3) is 9.05. The highest BCUT2D eigenvalue weighted by Crippen LogP contribution is 2.28. The summed E-state index contributed by atoms with van der Waals surface area (Å²) in [5, 5.41) is 7.90. The maximum Gasteiger partial charge on any atom is 0.328 e. The molecule has 3 aliphatic heterocycles. The van der Waals surface area contributed by atoms with Gasteiger partial charge in [-0.15, -0.1) is 0 Å². The molecule has 0 bridgehead atoms. The summed E-state index contributed by atoms with van der Waals surface area (Å²) >= 11 is 0. The van der Waals surface area contributed by atoms with Crippen LogP contribution in [0.1, 0.15) is 77.2 Å². The lowest BCUT2D eigenvalue weighted by atomic mass is 10.0. The summed E-state index contributed by atoms with van der Waals surface area (Å²) in [6, 6.07) is -4.17. The molecular formula is C36H48F2N6O8. The van der Waals surface area contributed by atoms with Gasteiger partial charge in [0.2, 0.25) is 35.4 Å². The Morgan fingerprint density at radius 3 is 2.13 bits per heavy atom. The van der Waals surface area contributed by atoms with Crippen LogP contribution in [0.4, 0.5) is 8.78 Å². The number of nitrogens with one attached hydrogen (secondary N) is 3. The normalized spacial score (nSPS) is 27.2. The molecule has 3 heterocycles. The lowest BCUT2D eigenvalue weighted by Crippen LogP contribution is -2.60. The number of hydrogen-bond donors (Lipinski definition) is 3. The van der Waals surface area contributed by atoms with Crippen LogP contribution in [0.15, 0.2) is 18.2 Å². The molecule has 284 valence electrons. The Hall–Kier alpha value is -4.63. The zero-order chi connectivity index (χ0) is 37.7. The van der Waals surface area contributed by atoms with E-state index in [9.17, 15) is 42.3 Å². The summed E-state index contributed by atoms with van der Waals surface area (Å²) < 4.78 is 33.9. The van der Waals surface area contributed by atoms with Crippen molar-refractivity contribution in [3.63, 3.8) is 0 Å². The number of likely N-dealkylation sites (N-methyl/N-ethyl adjacent to an activating group) is 1. The lowest BCUT2D eigenvalue weighted by molar-refractivity contribution is -0.158. The quantitative estimate of drug-likeness (QED) is 0.348. The first kappa shape index (κ1) is 38.6. The Bertz CT molecular complexity index is 1550. The van der Waals surface area contributed by atoms with Crippen molar-refractivity contribution in [2.45, 2.75) is 114 Å². The van der Waals surface area contributed by atoms with Gasteiger partial charge in [0, 0.05) is 39.0 Å². The minimum absolute atomic E-state index is 0.0844. The van der Waals surface area contributed by atoms with E-state index in [1.807, 2.05) is 0 Å². The second kappa shape index (κ2) is 16.8. The number of rotatable bonds is 7. The average Bonchev–Trinajstić information content (AvgIpc) is 3.90. The Balaban J connectivity index is 1.43. The molecule has 5 rings (SSSR count). The fourth-order valence-corrected chi connectivity index (χ4v) is 7.62. The standard InChI is InChI=1S/C36H48F2N6O8/c1-20-33(48)44-13-7-11-29(44)36(51)52-19-27(34(49)43-12-6-10-28(43)35(50)42(3)21(2)31(46)39-20)41-32(47)26(16-23-14-24(37)18-25(38)15-23)40-30(45)17-22-8-4-5-9-22/h14-15,18,20-22,26-29H,4-13,16-17,19H2,1-3H3,(H,39,46)(H,40,45)(H,41,47)/t20-,21-,26-,27-,28-,29-/m0/s1. The molecule has 4 fully saturated rings. The van der Waals surface area contributed by atoms with Crippen LogP contribution in [0.25, 0.3) is 0 Å². The minimum Gasteiger partial charge on any atom is -0.461 e. The van der Waals surface area contributed by atoms with E-state index in [-0.39, 0.29) is 50.3 Å². The van der Waals surface area contributed by atoms with Crippen LogP contribution >= 0.6 is 0 Å². The SMILES string of the molecule is C[C@@H]1NC(=O)[C@H](C)N(C)C(=O)[C@@H]2CCCN2C(=O)[C@@H](NC(=O)[C@H](Cc2cc(F)cc(F)c2)NC(=O)CC2CCCC2)COC(=O)[C@@H]2CCCN2C1=O. The number of carbonyl (C=O) groups is 7. The van der Waals surface area contributed by atoms with Gasteiger partial charge in [-0.1, -0.05) is 12.8 Å². The van der Waals surface area contributed by atoms with Gasteiger partial charge in [-0.2, -0.15) is 0 Å². The number of nitrogens with zero attached hydrogens (tertiary/aromatic N) is 3. The number of fused-ring (bicyclic) bond motifs is 2. The second-order valence-electron chi connectivity index (χ2n) is 14.4. The first-order chi connectivity index (χ1) is 24.7. The summed E-state index contributed by atoms with van der Waals surface area (Å²) in [4.78, 5) is 98.8. The smallest absolute Gasteiger partial charge is 0.328 e. The summed E-state index contributed by atoms with van der Waals surface area (Å²) in [7, 11) is 1.43. The number of cyclic esters (lactones) is 1. The van der Waals surface area contributed by atoms with E-state index < -0.39 is 95.9 Å².